The zero-order valence-corrected chi connectivity index (χ0v) is 8.41. The molecule has 0 bridgehead atoms. The van der Waals surface area contributed by atoms with Crippen LogP contribution >= 0.6 is 0 Å². The van der Waals surface area contributed by atoms with E-state index in [1.165, 1.54) is 44.9 Å². The van der Waals surface area contributed by atoms with Gasteiger partial charge in [0.1, 0.15) is 0 Å². The van der Waals surface area contributed by atoms with Crippen molar-refractivity contribution in [1.82, 2.24) is 0 Å². The lowest BCUT2D eigenvalue weighted by Crippen LogP contribution is -1.72. The molecule has 0 spiro atoms. The maximum Gasteiger partial charge on any atom is -0.0345 e. The molecule has 0 saturated heterocycles. The SMILES string of the molecule is C1=CCCCCC=CCCC/C=C/1. The minimum absolute atomic E-state index is 1.22. The van der Waals surface area contributed by atoms with Gasteiger partial charge in [0.2, 0.25) is 0 Å². The Balaban J connectivity index is 2.28. The first-order valence-electron chi connectivity index (χ1n) is 5.47. The molecule has 0 aromatic heterocycles. The Morgan fingerprint density at radius 1 is 0.462 bits per heavy atom. The normalized spacial score (nSPS) is 22.8. The molecular formula is C13H20. The summed E-state index contributed by atoms with van der Waals surface area (Å²) in [6.45, 7) is 0. The van der Waals surface area contributed by atoms with Gasteiger partial charge in [-0.05, 0) is 44.9 Å². The van der Waals surface area contributed by atoms with Crippen LogP contribution in [-0.2, 0) is 0 Å². The molecule has 0 fully saturated rings. The van der Waals surface area contributed by atoms with Crippen molar-refractivity contribution in [2.24, 2.45) is 0 Å². The van der Waals surface area contributed by atoms with Crippen LogP contribution in [0.2, 0.25) is 0 Å². The molecule has 0 aromatic rings. The average Bonchev–Trinajstić information content (AvgIpc) is 2.18. The molecular weight excluding hydrogens is 156 g/mol. The maximum atomic E-state index is 2.34. The maximum absolute atomic E-state index is 2.34. The Bertz CT molecular complexity index is 184. The van der Waals surface area contributed by atoms with Gasteiger partial charge >= 0.3 is 0 Å². The Kier molecular flexibility index (Phi) is 6.22. The van der Waals surface area contributed by atoms with Crippen LogP contribution in [0.4, 0.5) is 0 Å². The summed E-state index contributed by atoms with van der Waals surface area (Å²) in [4.78, 5) is 0. The molecule has 0 heterocycles. The summed E-state index contributed by atoms with van der Waals surface area (Å²) < 4.78 is 0. The van der Waals surface area contributed by atoms with E-state index in [2.05, 4.69) is 36.5 Å². The first kappa shape index (κ1) is 10.3. The fraction of sp³-hybridized carbons (Fsp3) is 0.538. The van der Waals surface area contributed by atoms with E-state index in [4.69, 9.17) is 0 Å². The summed E-state index contributed by atoms with van der Waals surface area (Å²) in [5, 5.41) is 0. The molecule has 0 N–H and O–H groups in total. The lowest BCUT2D eigenvalue weighted by atomic mass is 10.1. The minimum atomic E-state index is 1.22. The highest BCUT2D eigenvalue weighted by molar-refractivity contribution is 5.02. The van der Waals surface area contributed by atoms with Crippen LogP contribution in [0.1, 0.15) is 44.9 Å². The molecule has 0 aliphatic heterocycles. The zero-order chi connectivity index (χ0) is 9.19. The second kappa shape index (κ2) is 7.85. The molecule has 0 saturated carbocycles. The van der Waals surface area contributed by atoms with Gasteiger partial charge in [-0.3, -0.25) is 0 Å². The fourth-order valence-electron chi connectivity index (χ4n) is 1.46. The van der Waals surface area contributed by atoms with Crippen molar-refractivity contribution in [1.29, 1.82) is 0 Å². The number of allylic oxidation sites excluding steroid dienone is 6. The molecule has 0 unspecified atom stereocenters. The lowest BCUT2D eigenvalue weighted by Gasteiger charge is -1.92. The quantitative estimate of drug-likeness (QED) is 0.480. The molecule has 13 heavy (non-hydrogen) atoms. The summed E-state index contributed by atoms with van der Waals surface area (Å²) in [6, 6.07) is 0. The molecule has 0 nitrogen and oxygen atoms in total. The predicted molar refractivity (Wildman–Crippen MR) is 59.7 cm³/mol. The first-order chi connectivity index (χ1) is 6.50. The monoisotopic (exact) mass is 176 g/mol. The van der Waals surface area contributed by atoms with Crippen LogP contribution in [-0.4, -0.2) is 0 Å². The Morgan fingerprint density at radius 2 is 0.923 bits per heavy atom. The summed E-state index contributed by atoms with van der Waals surface area (Å²) >= 11 is 0. The average molecular weight is 176 g/mol. The van der Waals surface area contributed by atoms with Crippen molar-refractivity contribution in [2.45, 2.75) is 44.9 Å². The van der Waals surface area contributed by atoms with Crippen molar-refractivity contribution in [3.63, 3.8) is 0 Å². The van der Waals surface area contributed by atoms with Gasteiger partial charge in [-0.15, -0.1) is 0 Å². The zero-order valence-electron chi connectivity index (χ0n) is 8.41. The highest BCUT2D eigenvalue weighted by atomic mass is 13.9. The van der Waals surface area contributed by atoms with Crippen LogP contribution in [0.25, 0.3) is 0 Å². The van der Waals surface area contributed by atoms with E-state index >= 15 is 0 Å². The number of hydrogen-bond acceptors (Lipinski definition) is 0. The van der Waals surface area contributed by atoms with E-state index in [-0.39, 0.29) is 0 Å². The van der Waals surface area contributed by atoms with E-state index in [9.17, 15) is 0 Å². The van der Waals surface area contributed by atoms with Crippen molar-refractivity contribution in [3.05, 3.63) is 36.5 Å². The first-order valence-corrected chi connectivity index (χ1v) is 5.47. The third-order valence-corrected chi connectivity index (χ3v) is 2.28. The number of hydrogen-bond donors (Lipinski definition) is 0. The summed E-state index contributed by atoms with van der Waals surface area (Å²) in [6.07, 6.45) is 22.5. The van der Waals surface area contributed by atoms with Crippen molar-refractivity contribution < 1.29 is 0 Å². The summed E-state index contributed by atoms with van der Waals surface area (Å²) in [7, 11) is 0. The molecule has 0 atom stereocenters. The predicted octanol–water partition coefficient (Wildman–Crippen LogP) is 4.40. The smallest absolute Gasteiger partial charge is 0.0345 e. The minimum Gasteiger partial charge on any atom is -0.0885 e. The molecule has 1 aliphatic carbocycles. The molecule has 1 aliphatic rings. The van der Waals surface area contributed by atoms with Crippen LogP contribution in [0.3, 0.4) is 0 Å². The Hall–Kier alpha value is -0.780. The van der Waals surface area contributed by atoms with Gasteiger partial charge < -0.3 is 0 Å². The van der Waals surface area contributed by atoms with Gasteiger partial charge in [0.15, 0.2) is 0 Å². The Labute approximate surface area is 82.0 Å². The van der Waals surface area contributed by atoms with Gasteiger partial charge in [-0.2, -0.15) is 0 Å². The van der Waals surface area contributed by atoms with E-state index in [0.717, 1.165) is 0 Å². The van der Waals surface area contributed by atoms with Crippen molar-refractivity contribution >= 4 is 0 Å². The van der Waals surface area contributed by atoms with Crippen LogP contribution in [0, 0.1) is 0 Å². The standard InChI is InChI=1S/C13H20/c1-2-4-6-8-10-12-13-11-9-7-5-3-1/h1-4,11,13H,5-10,12H2/b3-1+,4-2?,13-11?. The van der Waals surface area contributed by atoms with Gasteiger partial charge in [-0.1, -0.05) is 36.5 Å². The van der Waals surface area contributed by atoms with E-state index < -0.39 is 0 Å². The summed E-state index contributed by atoms with van der Waals surface area (Å²) in [5.41, 5.74) is 0. The van der Waals surface area contributed by atoms with E-state index in [1.807, 2.05) is 0 Å². The second-order valence-corrected chi connectivity index (χ2v) is 3.54. The molecule has 0 amide bonds. The molecule has 0 heteroatoms. The van der Waals surface area contributed by atoms with Crippen LogP contribution in [0.15, 0.2) is 36.5 Å². The second-order valence-electron chi connectivity index (χ2n) is 3.54. The molecule has 1 rings (SSSR count). The number of rotatable bonds is 0. The third-order valence-electron chi connectivity index (χ3n) is 2.28. The lowest BCUT2D eigenvalue weighted by molar-refractivity contribution is 0.759. The third kappa shape index (κ3) is 6.39. The largest absolute Gasteiger partial charge is 0.0885 e. The van der Waals surface area contributed by atoms with Gasteiger partial charge in [0, 0.05) is 0 Å². The molecule has 72 valence electrons. The highest BCUT2D eigenvalue weighted by Crippen LogP contribution is 2.05. The van der Waals surface area contributed by atoms with E-state index in [1.54, 1.807) is 0 Å². The van der Waals surface area contributed by atoms with Gasteiger partial charge in [-0.25, -0.2) is 0 Å². The van der Waals surface area contributed by atoms with Gasteiger partial charge in [0.25, 0.3) is 0 Å². The fourth-order valence-corrected chi connectivity index (χ4v) is 1.46. The highest BCUT2D eigenvalue weighted by Gasteiger charge is 1.85. The van der Waals surface area contributed by atoms with E-state index in [0.29, 0.717) is 0 Å². The van der Waals surface area contributed by atoms with Crippen molar-refractivity contribution in [3.8, 4) is 0 Å². The van der Waals surface area contributed by atoms with Crippen molar-refractivity contribution in [2.75, 3.05) is 0 Å². The van der Waals surface area contributed by atoms with Crippen LogP contribution < -0.4 is 0 Å². The van der Waals surface area contributed by atoms with Crippen LogP contribution in [0.5, 0.6) is 0 Å². The van der Waals surface area contributed by atoms with Gasteiger partial charge in [0.05, 0.1) is 0 Å². The Morgan fingerprint density at radius 3 is 1.62 bits per heavy atom. The summed E-state index contributed by atoms with van der Waals surface area (Å²) in [5.74, 6) is 0. The molecule has 0 aromatic carbocycles. The topological polar surface area (TPSA) is 0 Å². The molecule has 0 radical (unpaired) electrons.